The molecule has 6 heteroatoms. The third-order valence-electron chi connectivity index (χ3n) is 2.45. The number of hydrogen-bond donors (Lipinski definition) is 1. The third-order valence-corrected chi connectivity index (χ3v) is 2.45. The second-order valence-corrected chi connectivity index (χ2v) is 4.60. The summed E-state index contributed by atoms with van der Waals surface area (Å²) in [5.74, 6) is 1.08. The van der Waals surface area contributed by atoms with Crippen LogP contribution < -0.4 is 15.0 Å². The first-order valence-corrected chi connectivity index (χ1v) is 5.68. The van der Waals surface area contributed by atoms with E-state index in [1.807, 2.05) is 32.8 Å². The summed E-state index contributed by atoms with van der Waals surface area (Å²) in [7, 11) is 5.52. The van der Waals surface area contributed by atoms with Gasteiger partial charge in [0.25, 0.3) is 0 Å². The van der Waals surface area contributed by atoms with Crippen molar-refractivity contribution in [2.45, 2.75) is 32.8 Å². The number of nitrogens with one attached hydrogen (secondary N) is 1. The van der Waals surface area contributed by atoms with Gasteiger partial charge in [-0.2, -0.15) is 15.0 Å². The van der Waals surface area contributed by atoms with E-state index in [4.69, 9.17) is 4.74 Å². The van der Waals surface area contributed by atoms with E-state index in [0.717, 1.165) is 6.42 Å². The van der Waals surface area contributed by atoms with E-state index < -0.39 is 0 Å². The molecule has 0 saturated carbocycles. The average Bonchev–Trinajstić information content (AvgIpc) is 2.28. The maximum atomic E-state index is 5.76. The number of ether oxygens (including phenoxy) is 1. The van der Waals surface area contributed by atoms with Gasteiger partial charge in [-0.1, -0.05) is 6.92 Å². The molecule has 0 saturated heterocycles. The van der Waals surface area contributed by atoms with Gasteiger partial charge in [-0.3, -0.25) is 0 Å². The maximum Gasteiger partial charge on any atom is 0.323 e. The largest absolute Gasteiger partial charge is 0.457 e. The average molecular weight is 239 g/mol. The summed E-state index contributed by atoms with van der Waals surface area (Å²) < 4.78 is 5.76. The van der Waals surface area contributed by atoms with Crippen molar-refractivity contribution in [3.05, 3.63) is 0 Å². The fourth-order valence-electron chi connectivity index (χ4n) is 1.02. The Morgan fingerprint density at radius 1 is 1.24 bits per heavy atom. The zero-order valence-electron chi connectivity index (χ0n) is 11.4. The van der Waals surface area contributed by atoms with Crippen molar-refractivity contribution >= 4 is 11.9 Å². The van der Waals surface area contributed by atoms with Crippen LogP contribution in [0.25, 0.3) is 0 Å². The van der Waals surface area contributed by atoms with Crippen molar-refractivity contribution in [3.8, 4) is 6.01 Å². The summed E-state index contributed by atoms with van der Waals surface area (Å²) in [5.41, 5.74) is -0.282. The van der Waals surface area contributed by atoms with E-state index >= 15 is 0 Å². The quantitative estimate of drug-likeness (QED) is 0.841. The second-order valence-electron chi connectivity index (χ2n) is 4.60. The molecule has 0 aromatic carbocycles. The molecule has 6 nitrogen and oxygen atoms in total. The van der Waals surface area contributed by atoms with E-state index in [9.17, 15) is 0 Å². The SMILES string of the molecule is CCC(C)(C)Oc1nc(NC)nc(N(C)C)n1. The highest BCUT2D eigenvalue weighted by molar-refractivity contribution is 5.36. The van der Waals surface area contributed by atoms with Crippen LogP contribution >= 0.6 is 0 Å². The lowest BCUT2D eigenvalue weighted by Gasteiger charge is -2.23. The summed E-state index contributed by atoms with van der Waals surface area (Å²) in [4.78, 5) is 14.5. The van der Waals surface area contributed by atoms with Gasteiger partial charge in [0, 0.05) is 21.1 Å². The van der Waals surface area contributed by atoms with Crippen molar-refractivity contribution in [2.75, 3.05) is 31.4 Å². The molecular weight excluding hydrogens is 218 g/mol. The Hall–Kier alpha value is -1.59. The van der Waals surface area contributed by atoms with Crippen LogP contribution in [0.3, 0.4) is 0 Å². The fraction of sp³-hybridized carbons (Fsp3) is 0.727. The lowest BCUT2D eigenvalue weighted by atomic mass is 10.1. The predicted molar refractivity (Wildman–Crippen MR) is 68.7 cm³/mol. The van der Waals surface area contributed by atoms with Gasteiger partial charge in [0.15, 0.2) is 0 Å². The molecule has 0 aliphatic rings. The minimum Gasteiger partial charge on any atom is -0.457 e. The van der Waals surface area contributed by atoms with Crippen molar-refractivity contribution in [1.82, 2.24) is 15.0 Å². The van der Waals surface area contributed by atoms with Crippen LogP contribution in [0.2, 0.25) is 0 Å². The van der Waals surface area contributed by atoms with Gasteiger partial charge in [-0.05, 0) is 20.3 Å². The van der Waals surface area contributed by atoms with Crippen LogP contribution in [0.4, 0.5) is 11.9 Å². The monoisotopic (exact) mass is 239 g/mol. The molecule has 0 atom stereocenters. The zero-order chi connectivity index (χ0) is 13.1. The number of aromatic nitrogens is 3. The van der Waals surface area contributed by atoms with Gasteiger partial charge < -0.3 is 15.0 Å². The molecule has 0 bridgehead atoms. The molecule has 1 aromatic heterocycles. The highest BCUT2D eigenvalue weighted by atomic mass is 16.5. The first-order valence-electron chi connectivity index (χ1n) is 5.68. The Kier molecular flexibility index (Phi) is 4.09. The van der Waals surface area contributed by atoms with E-state index in [-0.39, 0.29) is 5.60 Å². The van der Waals surface area contributed by atoms with Gasteiger partial charge in [-0.15, -0.1) is 0 Å². The second kappa shape index (κ2) is 5.16. The molecule has 0 amide bonds. The molecule has 0 aliphatic carbocycles. The minimum absolute atomic E-state index is 0.282. The summed E-state index contributed by atoms with van der Waals surface area (Å²) in [5, 5.41) is 2.90. The maximum absolute atomic E-state index is 5.76. The van der Waals surface area contributed by atoms with Crippen molar-refractivity contribution in [2.24, 2.45) is 0 Å². The van der Waals surface area contributed by atoms with Crippen molar-refractivity contribution in [1.29, 1.82) is 0 Å². The Morgan fingerprint density at radius 2 is 1.88 bits per heavy atom. The topological polar surface area (TPSA) is 63.2 Å². The normalized spacial score (nSPS) is 11.2. The van der Waals surface area contributed by atoms with Gasteiger partial charge in [-0.25, -0.2) is 0 Å². The summed E-state index contributed by atoms with van der Waals surface area (Å²) in [6, 6.07) is 0.347. The summed E-state index contributed by atoms with van der Waals surface area (Å²) >= 11 is 0. The fourth-order valence-corrected chi connectivity index (χ4v) is 1.02. The predicted octanol–water partition coefficient (Wildman–Crippen LogP) is 1.55. The molecule has 0 unspecified atom stereocenters. The molecule has 17 heavy (non-hydrogen) atoms. The van der Waals surface area contributed by atoms with Crippen LogP contribution in [0.5, 0.6) is 6.01 Å². The van der Waals surface area contributed by atoms with E-state index in [2.05, 4.69) is 27.2 Å². The summed E-state index contributed by atoms with van der Waals surface area (Å²) in [6.45, 7) is 6.07. The Labute approximate surface area is 102 Å². The van der Waals surface area contributed by atoms with Gasteiger partial charge in [0.2, 0.25) is 11.9 Å². The van der Waals surface area contributed by atoms with E-state index in [0.29, 0.717) is 17.9 Å². The minimum atomic E-state index is -0.282. The van der Waals surface area contributed by atoms with Crippen LogP contribution in [-0.2, 0) is 0 Å². The zero-order valence-corrected chi connectivity index (χ0v) is 11.4. The van der Waals surface area contributed by atoms with E-state index in [1.165, 1.54) is 0 Å². The lowest BCUT2D eigenvalue weighted by molar-refractivity contribution is 0.0925. The number of hydrogen-bond acceptors (Lipinski definition) is 6. The highest BCUT2D eigenvalue weighted by Gasteiger charge is 2.20. The molecule has 0 spiro atoms. The summed E-state index contributed by atoms with van der Waals surface area (Å²) in [6.07, 6.45) is 0.880. The number of nitrogens with zero attached hydrogens (tertiary/aromatic N) is 4. The first-order chi connectivity index (χ1) is 7.88. The lowest BCUT2D eigenvalue weighted by Crippen LogP contribution is -2.28. The number of anilines is 2. The smallest absolute Gasteiger partial charge is 0.323 e. The molecule has 1 rings (SSSR count). The molecule has 96 valence electrons. The van der Waals surface area contributed by atoms with Gasteiger partial charge in [0.05, 0.1) is 0 Å². The third kappa shape index (κ3) is 3.72. The standard InChI is InChI=1S/C11H21N5O/c1-7-11(2,3)17-10-14-8(12-4)13-9(15-10)16(5)6/h7H2,1-6H3,(H,12,13,14,15). The molecule has 0 aliphatic heterocycles. The van der Waals surface area contributed by atoms with E-state index in [1.54, 1.807) is 7.05 Å². The Balaban J connectivity index is 3.03. The van der Waals surface area contributed by atoms with Crippen LogP contribution in [0.1, 0.15) is 27.2 Å². The van der Waals surface area contributed by atoms with Crippen molar-refractivity contribution < 1.29 is 4.74 Å². The Bertz CT molecular complexity index is 378. The molecular formula is C11H21N5O. The van der Waals surface area contributed by atoms with Crippen molar-refractivity contribution in [3.63, 3.8) is 0 Å². The molecule has 1 N–H and O–H groups in total. The highest BCUT2D eigenvalue weighted by Crippen LogP contribution is 2.19. The molecule has 0 radical (unpaired) electrons. The Morgan fingerprint density at radius 3 is 2.35 bits per heavy atom. The molecule has 1 heterocycles. The van der Waals surface area contributed by atoms with Crippen LogP contribution in [0.15, 0.2) is 0 Å². The van der Waals surface area contributed by atoms with Crippen LogP contribution in [-0.4, -0.2) is 41.7 Å². The molecule has 0 fully saturated rings. The van der Waals surface area contributed by atoms with Gasteiger partial charge >= 0.3 is 6.01 Å². The molecule has 1 aromatic rings. The number of rotatable bonds is 5. The van der Waals surface area contributed by atoms with Crippen LogP contribution in [0, 0.1) is 0 Å². The van der Waals surface area contributed by atoms with Gasteiger partial charge in [0.1, 0.15) is 5.60 Å². The first kappa shape index (κ1) is 13.5.